The number of anilines is 2. The van der Waals surface area contributed by atoms with Gasteiger partial charge in [-0.2, -0.15) is 0 Å². The van der Waals surface area contributed by atoms with Crippen molar-refractivity contribution in [2.75, 3.05) is 29.5 Å². The number of hydrogen-bond acceptors (Lipinski definition) is 4. The number of nitrogens with one attached hydrogen (secondary N) is 1. The minimum atomic E-state index is 0.220. The zero-order chi connectivity index (χ0) is 16.5. The van der Waals surface area contributed by atoms with Crippen LogP contribution in [0.2, 0.25) is 0 Å². The third-order valence-electron chi connectivity index (χ3n) is 4.63. The number of hydrogen-bond donors (Lipinski definition) is 1. The number of carbonyl (C=O) groups is 1. The van der Waals surface area contributed by atoms with Crippen LogP contribution in [0.5, 0.6) is 5.75 Å². The normalized spacial score (nSPS) is 16.5. The molecular weight excluding hydrogens is 304 g/mol. The van der Waals surface area contributed by atoms with Crippen LogP contribution in [0, 0.1) is 5.92 Å². The fourth-order valence-corrected chi connectivity index (χ4v) is 3.18. The Labute approximate surface area is 141 Å². The van der Waals surface area contributed by atoms with Crippen molar-refractivity contribution in [3.05, 3.63) is 36.4 Å². The number of H-pyrrole nitrogens is 1. The summed E-state index contributed by atoms with van der Waals surface area (Å²) < 4.78 is 5.79. The molecule has 2 heterocycles. The molecule has 4 rings (SSSR count). The van der Waals surface area contributed by atoms with Gasteiger partial charge in [-0.1, -0.05) is 0 Å². The average Bonchev–Trinajstić information content (AvgIpc) is 3.34. The van der Waals surface area contributed by atoms with Crippen LogP contribution in [0.4, 0.5) is 11.4 Å². The fourth-order valence-electron chi connectivity index (χ4n) is 3.18. The van der Waals surface area contributed by atoms with Gasteiger partial charge < -0.3 is 19.5 Å². The van der Waals surface area contributed by atoms with Gasteiger partial charge in [0, 0.05) is 24.3 Å². The van der Waals surface area contributed by atoms with Gasteiger partial charge in [0.1, 0.15) is 12.4 Å². The van der Waals surface area contributed by atoms with Crippen molar-refractivity contribution in [1.82, 2.24) is 9.97 Å². The quantitative estimate of drug-likeness (QED) is 0.917. The Balaban J connectivity index is 1.63. The number of imidazole rings is 1. The van der Waals surface area contributed by atoms with Gasteiger partial charge in [0.25, 0.3) is 0 Å². The Morgan fingerprint density at radius 1 is 1.46 bits per heavy atom. The monoisotopic (exact) mass is 326 g/mol. The number of amides is 1. The first-order valence-electron chi connectivity index (χ1n) is 8.57. The van der Waals surface area contributed by atoms with Crippen molar-refractivity contribution in [2.24, 2.45) is 5.92 Å². The van der Waals surface area contributed by atoms with E-state index >= 15 is 0 Å². The Hall–Kier alpha value is -2.50. The summed E-state index contributed by atoms with van der Waals surface area (Å²) in [5.74, 6) is 1.33. The number of benzene rings is 1. The van der Waals surface area contributed by atoms with E-state index in [1.54, 1.807) is 6.33 Å². The molecule has 1 aromatic heterocycles. The van der Waals surface area contributed by atoms with E-state index in [0.717, 1.165) is 48.7 Å². The molecule has 1 aliphatic carbocycles. The molecule has 0 spiro atoms. The topological polar surface area (TPSA) is 61.5 Å². The lowest BCUT2D eigenvalue weighted by molar-refractivity contribution is -0.119. The molecule has 24 heavy (non-hydrogen) atoms. The van der Waals surface area contributed by atoms with E-state index < -0.39 is 0 Å². The predicted molar refractivity (Wildman–Crippen MR) is 92.3 cm³/mol. The highest BCUT2D eigenvalue weighted by Crippen LogP contribution is 2.38. The van der Waals surface area contributed by atoms with Gasteiger partial charge in [-0.05, 0) is 38.0 Å². The number of aromatic nitrogens is 2. The lowest BCUT2D eigenvalue weighted by atomic mass is 10.1. The third kappa shape index (κ3) is 2.84. The third-order valence-corrected chi connectivity index (χ3v) is 4.63. The smallest absolute Gasteiger partial charge is 0.230 e. The zero-order valence-electron chi connectivity index (χ0n) is 13.9. The molecule has 1 amide bonds. The highest BCUT2D eigenvalue weighted by Gasteiger charge is 2.34. The van der Waals surface area contributed by atoms with E-state index in [1.165, 1.54) is 0 Å². The molecule has 6 heteroatoms. The van der Waals surface area contributed by atoms with Crippen molar-refractivity contribution in [2.45, 2.75) is 26.3 Å². The van der Waals surface area contributed by atoms with E-state index in [0.29, 0.717) is 13.2 Å². The molecule has 1 N–H and O–H groups in total. The van der Waals surface area contributed by atoms with Crippen LogP contribution in [-0.2, 0) is 11.3 Å². The fraction of sp³-hybridized carbons (Fsp3) is 0.444. The molecule has 0 bridgehead atoms. The number of nitrogens with zero attached hydrogens (tertiary/aromatic N) is 3. The van der Waals surface area contributed by atoms with Crippen LogP contribution >= 0.6 is 0 Å². The summed E-state index contributed by atoms with van der Waals surface area (Å²) in [6, 6.07) is 6.04. The van der Waals surface area contributed by atoms with E-state index in [-0.39, 0.29) is 11.8 Å². The second-order valence-electron chi connectivity index (χ2n) is 6.34. The van der Waals surface area contributed by atoms with Crippen LogP contribution in [0.1, 0.15) is 25.5 Å². The number of fused-ring (bicyclic) bond motifs is 1. The molecular formula is C18H22N4O2. The Kier molecular flexibility index (Phi) is 3.88. The SMILES string of the molecule is CCN(C(=O)C1CC1)c1ccc2c(c1)N(Cc1c[nH]cn1)CCO2. The van der Waals surface area contributed by atoms with Gasteiger partial charge in [-0.25, -0.2) is 4.98 Å². The molecule has 0 radical (unpaired) electrons. The minimum absolute atomic E-state index is 0.220. The van der Waals surface area contributed by atoms with Crippen LogP contribution in [0.15, 0.2) is 30.7 Å². The van der Waals surface area contributed by atoms with Crippen LogP contribution < -0.4 is 14.5 Å². The van der Waals surface area contributed by atoms with Gasteiger partial charge >= 0.3 is 0 Å². The van der Waals surface area contributed by atoms with Gasteiger partial charge in [-0.15, -0.1) is 0 Å². The second-order valence-corrected chi connectivity index (χ2v) is 6.34. The van der Waals surface area contributed by atoms with Crippen molar-refractivity contribution in [3.63, 3.8) is 0 Å². The molecule has 0 unspecified atom stereocenters. The van der Waals surface area contributed by atoms with Crippen molar-refractivity contribution in [1.29, 1.82) is 0 Å². The zero-order valence-corrected chi connectivity index (χ0v) is 13.9. The van der Waals surface area contributed by atoms with E-state index in [9.17, 15) is 4.79 Å². The highest BCUT2D eigenvalue weighted by molar-refractivity contribution is 5.97. The molecule has 1 aliphatic heterocycles. The average molecular weight is 326 g/mol. The lowest BCUT2D eigenvalue weighted by Crippen LogP contribution is -2.34. The van der Waals surface area contributed by atoms with Gasteiger partial charge in [0.2, 0.25) is 5.91 Å². The van der Waals surface area contributed by atoms with E-state index in [2.05, 4.69) is 20.9 Å². The van der Waals surface area contributed by atoms with Crippen LogP contribution in [-0.4, -0.2) is 35.6 Å². The van der Waals surface area contributed by atoms with Crippen molar-refractivity contribution in [3.8, 4) is 5.75 Å². The van der Waals surface area contributed by atoms with E-state index in [4.69, 9.17) is 4.74 Å². The maximum Gasteiger partial charge on any atom is 0.230 e. The molecule has 1 aromatic carbocycles. The summed E-state index contributed by atoms with van der Waals surface area (Å²) in [6.07, 6.45) is 5.65. The molecule has 6 nitrogen and oxygen atoms in total. The summed E-state index contributed by atoms with van der Waals surface area (Å²) in [5.41, 5.74) is 2.98. The van der Waals surface area contributed by atoms with Gasteiger partial charge in [-0.3, -0.25) is 4.79 Å². The maximum absolute atomic E-state index is 12.5. The van der Waals surface area contributed by atoms with Crippen LogP contribution in [0.3, 0.4) is 0 Å². The molecule has 2 aromatic rings. The first-order valence-corrected chi connectivity index (χ1v) is 8.57. The maximum atomic E-state index is 12.5. The minimum Gasteiger partial charge on any atom is -0.490 e. The Bertz CT molecular complexity index is 725. The largest absolute Gasteiger partial charge is 0.490 e. The van der Waals surface area contributed by atoms with Gasteiger partial charge in [0.15, 0.2) is 0 Å². The Morgan fingerprint density at radius 2 is 2.33 bits per heavy atom. The van der Waals surface area contributed by atoms with E-state index in [1.807, 2.05) is 30.2 Å². The number of rotatable bonds is 5. The molecule has 1 fully saturated rings. The molecule has 2 aliphatic rings. The number of aromatic amines is 1. The molecule has 0 atom stereocenters. The van der Waals surface area contributed by atoms with Crippen LogP contribution in [0.25, 0.3) is 0 Å². The summed E-state index contributed by atoms with van der Waals surface area (Å²) >= 11 is 0. The molecule has 1 saturated carbocycles. The number of ether oxygens (including phenoxy) is 1. The first-order chi connectivity index (χ1) is 11.8. The van der Waals surface area contributed by atoms with Crippen molar-refractivity contribution < 1.29 is 9.53 Å². The summed E-state index contributed by atoms with van der Waals surface area (Å²) in [4.78, 5) is 24.0. The summed E-state index contributed by atoms with van der Waals surface area (Å²) in [7, 11) is 0. The predicted octanol–water partition coefficient (Wildman–Crippen LogP) is 2.57. The van der Waals surface area contributed by atoms with Gasteiger partial charge in [0.05, 0.1) is 30.8 Å². The Morgan fingerprint density at radius 3 is 3.04 bits per heavy atom. The molecule has 126 valence electrons. The summed E-state index contributed by atoms with van der Waals surface area (Å²) in [6.45, 7) is 4.92. The van der Waals surface area contributed by atoms with Crippen molar-refractivity contribution >= 4 is 17.3 Å². The second kappa shape index (κ2) is 6.19. The lowest BCUT2D eigenvalue weighted by Gasteiger charge is -2.32. The summed E-state index contributed by atoms with van der Waals surface area (Å²) in [5, 5.41) is 0. The first kappa shape index (κ1) is 15.1. The standard InChI is InChI=1S/C18H22N4O2/c1-2-22(18(23)13-3-4-13)15-5-6-17-16(9-15)21(7-8-24-17)11-14-10-19-12-20-14/h5-6,9-10,12-13H,2-4,7-8,11H2,1H3,(H,19,20). The molecule has 0 saturated heterocycles. The highest BCUT2D eigenvalue weighted by atomic mass is 16.5. The number of carbonyl (C=O) groups excluding carboxylic acids is 1.